The Morgan fingerprint density at radius 1 is 0.515 bits per heavy atom. The number of carbonyl (C=O) groups excluding carboxylic acids is 3. The zero-order chi connectivity index (χ0) is 23.5. The summed E-state index contributed by atoms with van der Waals surface area (Å²) in [7, 11) is -2.89. The van der Waals surface area contributed by atoms with Gasteiger partial charge in [-0.3, -0.25) is 14.4 Å². The lowest BCUT2D eigenvalue weighted by Gasteiger charge is -2.31. The maximum Gasteiger partial charge on any atom is 0.467 e. The van der Waals surface area contributed by atoms with Crippen molar-refractivity contribution in [3.05, 3.63) is 89.5 Å². The lowest BCUT2D eigenvalue weighted by molar-refractivity contribution is 0.107. The standard InChI is InChI=1S/C21H12B3Cl3O6/c25-19(28)13-4-1-7-16(10-13)22-31-23(17-8-2-5-14(11-17)20(26)29)33-24(32-22)18-9-3-6-15(12-18)21(27)30/h1-12H. The Bertz CT molecular complexity index is 1080. The van der Waals surface area contributed by atoms with Crippen molar-refractivity contribution < 1.29 is 28.1 Å². The van der Waals surface area contributed by atoms with Gasteiger partial charge in [-0.15, -0.1) is 0 Å². The second-order valence-electron chi connectivity index (χ2n) is 7.10. The summed E-state index contributed by atoms with van der Waals surface area (Å²) in [5.74, 6) is 0. The summed E-state index contributed by atoms with van der Waals surface area (Å²) in [6.45, 7) is 0. The monoisotopic (exact) mass is 498 g/mol. The molecule has 4 rings (SSSR count). The van der Waals surface area contributed by atoms with Crippen LogP contribution in [0.2, 0.25) is 0 Å². The van der Waals surface area contributed by atoms with E-state index in [-0.39, 0.29) is 16.7 Å². The fourth-order valence-electron chi connectivity index (χ4n) is 3.33. The number of rotatable bonds is 6. The van der Waals surface area contributed by atoms with Gasteiger partial charge in [0.15, 0.2) is 0 Å². The van der Waals surface area contributed by atoms with Crippen LogP contribution in [0, 0.1) is 0 Å². The smallest absolute Gasteiger partial charge is 0.445 e. The van der Waals surface area contributed by atoms with Crippen LogP contribution in [0.15, 0.2) is 72.8 Å². The molecule has 0 N–H and O–H groups in total. The summed E-state index contributed by atoms with van der Waals surface area (Å²) in [6, 6.07) is 19.4. The molecule has 1 fully saturated rings. The van der Waals surface area contributed by atoms with Gasteiger partial charge in [0.25, 0.3) is 15.7 Å². The second-order valence-corrected chi connectivity index (χ2v) is 8.13. The Morgan fingerprint density at radius 2 is 0.788 bits per heavy atom. The number of hydrogen-bond donors (Lipinski definition) is 0. The van der Waals surface area contributed by atoms with Gasteiger partial charge in [0.05, 0.1) is 0 Å². The topological polar surface area (TPSA) is 78.9 Å². The highest BCUT2D eigenvalue weighted by atomic mass is 35.5. The van der Waals surface area contributed by atoms with Crippen LogP contribution in [0.5, 0.6) is 0 Å². The van der Waals surface area contributed by atoms with Gasteiger partial charge in [-0.1, -0.05) is 72.8 Å². The van der Waals surface area contributed by atoms with Crippen molar-refractivity contribution in [2.24, 2.45) is 0 Å². The number of hydrogen-bond acceptors (Lipinski definition) is 6. The predicted octanol–water partition coefficient (Wildman–Crippen LogP) is 2.37. The average molecular weight is 499 g/mol. The quantitative estimate of drug-likeness (QED) is 0.383. The summed E-state index contributed by atoms with van der Waals surface area (Å²) in [4.78, 5) is 34.9. The molecule has 3 aromatic rings. The molecule has 0 aromatic heterocycles. The van der Waals surface area contributed by atoms with E-state index in [0.717, 1.165) is 0 Å². The Labute approximate surface area is 205 Å². The van der Waals surface area contributed by atoms with E-state index in [4.69, 9.17) is 48.5 Å². The Morgan fingerprint density at radius 3 is 1.03 bits per heavy atom. The molecule has 1 saturated heterocycles. The lowest BCUT2D eigenvalue weighted by Crippen LogP contribution is -2.61. The first-order chi connectivity index (χ1) is 15.8. The normalized spacial score (nSPS) is 13.7. The molecule has 0 radical (unpaired) electrons. The highest BCUT2D eigenvalue weighted by molar-refractivity contribution is 6.87. The molecule has 0 atom stereocenters. The van der Waals surface area contributed by atoms with Crippen LogP contribution in [0.3, 0.4) is 0 Å². The van der Waals surface area contributed by atoms with Gasteiger partial charge in [0.1, 0.15) is 0 Å². The fraction of sp³-hybridized carbons (Fsp3) is 0. The Kier molecular flexibility index (Phi) is 7.39. The Hall–Kier alpha value is -2.39. The van der Waals surface area contributed by atoms with Crippen LogP contribution in [0.4, 0.5) is 0 Å². The molecule has 1 aliphatic heterocycles. The van der Waals surface area contributed by atoms with E-state index in [1.165, 1.54) is 0 Å². The summed E-state index contributed by atoms with van der Waals surface area (Å²) in [5, 5.41) is -1.88. The number of carbonyl (C=O) groups is 3. The highest BCUT2D eigenvalue weighted by Crippen LogP contribution is 2.14. The largest absolute Gasteiger partial charge is 0.467 e. The summed E-state index contributed by atoms with van der Waals surface area (Å²) < 4.78 is 18.0. The van der Waals surface area contributed by atoms with E-state index in [0.29, 0.717) is 16.4 Å². The predicted molar refractivity (Wildman–Crippen MR) is 129 cm³/mol. The molecular formula is C21H12B3Cl3O6. The highest BCUT2D eigenvalue weighted by Gasteiger charge is 2.43. The molecule has 33 heavy (non-hydrogen) atoms. The van der Waals surface area contributed by atoms with E-state index in [1.807, 2.05) is 0 Å². The van der Waals surface area contributed by atoms with Gasteiger partial charge in [-0.2, -0.15) is 0 Å². The molecule has 6 nitrogen and oxygen atoms in total. The van der Waals surface area contributed by atoms with E-state index in [9.17, 15) is 14.4 Å². The fourth-order valence-corrected chi connectivity index (χ4v) is 3.68. The van der Waals surface area contributed by atoms with Gasteiger partial charge in [0, 0.05) is 16.7 Å². The van der Waals surface area contributed by atoms with E-state index >= 15 is 0 Å². The Balaban J connectivity index is 1.73. The zero-order valence-corrected chi connectivity index (χ0v) is 19.0. The molecule has 1 aliphatic rings. The summed E-state index contributed by atoms with van der Waals surface area (Å²) >= 11 is 16.9. The minimum atomic E-state index is -0.963. The molecule has 0 aliphatic carbocycles. The first-order valence-electron chi connectivity index (χ1n) is 9.67. The van der Waals surface area contributed by atoms with Gasteiger partial charge in [0.2, 0.25) is 0 Å². The molecule has 3 aromatic carbocycles. The van der Waals surface area contributed by atoms with Crippen molar-refractivity contribution in [1.82, 2.24) is 0 Å². The van der Waals surface area contributed by atoms with E-state index < -0.39 is 37.1 Å². The van der Waals surface area contributed by atoms with Crippen molar-refractivity contribution in [2.75, 3.05) is 0 Å². The molecule has 0 spiro atoms. The molecule has 0 amide bonds. The van der Waals surface area contributed by atoms with Crippen LogP contribution in [-0.2, 0) is 13.7 Å². The molecule has 12 heteroatoms. The average Bonchev–Trinajstić information content (AvgIpc) is 2.84. The first-order valence-corrected chi connectivity index (χ1v) is 10.8. The van der Waals surface area contributed by atoms with Crippen LogP contribution in [0.25, 0.3) is 0 Å². The van der Waals surface area contributed by atoms with Gasteiger partial charge in [-0.25, -0.2) is 0 Å². The van der Waals surface area contributed by atoms with E-state index in [1.54, 1.807) is 72.8 Å². The van der Waals surface area contributed by atoms with Crippen molar-refractivity contribution in [1.29, 1.82) is 0 Å². The maximum absolute atomic E-state index is 11.6. The van der Waals surface area contributed by atoms with Crippen LogP contribution >= 0.6 is 34.8 Å². The van der Waals surface area contributed by atoms with Crippen molar-refractivity contribution in [3.63, 3.8) is 0 Å². The number of halogens is 3. The SMILES string of the molecule is O=C(Cl)c1cccc(B2OB(c3cccc(C(=O)Cl)c3)OB(c3cccc(C(=O)Cl)c3)O2)c1. The molecule has 0 saturated carbocycles. The minimum absolute atomic E-state index is 0.269. The molecule has 1 heterocycles. The molecule has 162 valence electrons. The van der Waals surface area contributed by atoms with Crippen LogP contribution in [0.1, 0.15) is 31.1 Å². The third kappa shape index (κ3) is 5.58. The van der Waals surface area contributed by atoms with Crippen molar-refractivity contribution in [3.8, 4) is 0 Å². The van der Waals surface area contributed by atoms with E-state index in [2.05, 4.69) is 0 Å². The van der Waals surface area contributed by atoms with Gasteiger partial charge >= 0.3 is 21.4 Å². The van der Waals surface area contributed by atoms with Crippen LogP contribution in [-0.4, -0.2) is 37.1 Å². The first kappa shape index (κ1) is 23.8. The summed E-state index contributed by atoms with van der Waals surface area (Å²) in [5.41, 5.74) is 2.37. The third-order valence-corrected chi connectivity index (χ3v) is 5.55. The molecule has 0 unspecified atom stereocenters. The zero-order valence-electron chi connectivity index (χ0n) is 16.7. The van der Waals surface area contributed by atoms with Crippen LogP contribution < -0.4 is 16.4 Å². The van der Waals surface area contributed by atoms with Crippen molar-refractivity contribution in [2.45, 2.75) is 0 Å². The second kappa shape index (κ2) is 10.3. The van der Waals surface area contributed by atoms with Gasteiger partial charge in [-0.05, 0) is 51.2 Å². The number of benzene rings is 3. The lowest BCUT2D eigenvalue weighted by atomic mass is 9.61. The third-order valence-electron chi connectivity index (χ3n) is 4.90. The molecular weight excluding hydrogens is 487 g/mol. The van der Waals surface area contributed by atoms with Gasteiger partial charge < -0.3 is 13.7 Å². The summed E-state index contributed by atoms with van der Waals surface area (Å²) in [6.07, 6.45) is 0. The minimum Gasteiger partial charge on any atom is -0.445 e. The molecule has 0 bridgehead atoms. The maximum atomic E-state index is 11.6. The van der Waals surface area contributed by atoms with Crippen molar-refractivity contribution >= 4 is 88.3 Å².